The Bertz CT molecular complexity index is 1110. The molecule has 0 radical (unpaired) electrons. The van der Waals surface area contributed by atoms with Gasteiger partial charge in [-0.25, -0.2) is 18.1 Å². The Labute approximate surface area is 170 Å². The Hall–Kier alpha value is -3.02. The second-order valence-corrected chi connectivity index (χ2v) is 8.19. The fraction of sp³-hybridized carbons (Fsp3) is 0.167. The fourth-order valence-corrected chi connectivity index (χ4v) is 4.58. The summed E-state index contributed by atoms with van der Waals surface area (Å²) in [5, 5.41) is 15.8. The van der Waals surface area contributed by atoms with Gasteiger partial charge in [-0.05, 0) is 29.3 Å². The van der Waals surface area contributed by atoms with Crippen LogP contribution in [0.4, 0.5) is 0 Å². The first-order chi connectivity index (χ1) is 13.8. The number of carboxylic acid groups (broad SMARTS) is 2. The molecule has 0 aliphatic heterocycles. The summed E-state index contributed by atoms with van der Waals surface area (Å²) in [6.07, 6.45) is -0.271. The predicted octanol–water partition coefficient (Wildman–Crippen LogP) is 2.11. The number of carboxylic acids is 1. The number of nitrogens with zero attached hydrogens (tertiary/aromatic N) is 1. The van der Waals surface area contributed by atoms with Crippen LogP contribution < -0.4 is 9.46 Å². The molecule has 0 amide bonds. The van der Waals surface area contributed by atoms with Gasteiger partial charge in [0.15, 0.2) is 0 Å². The topological polar surface area (TPSA) is 143 Å². The number of ether oxygens (including phenoxy) is 1. The van der Waals surface area contributed by atoms with Crippen molar-refractivity contribution in [3.63, 3.8) is 0 Å². The van der Waals surface area contributed by atoms with Gasteiger partial charge in [-0.15, -0.1) is 11.3 Å². The zero-order valence-electron chi connectivity index (χ0n) is 15.2. The van der Waals surface area contributed by atoms with Crippen molar-refractivity contribution in [1.29, 1.82) is 0 Å². The van der Waals surface area contributed by atoms with E-state index in [1.807, 2.05) is 18.2 Å². The summed E-state index contributed by atoms with van der Waals surface area (Å²) in [4.78, 5) is 23.4. The number of benzene rings is 2. The maximum Gasteiger partial charge on any atom is 0.307 e. The Balaban J connectivity index is 0.000000941. The Morgan fingerprint density at radius 2 is 2.03 bits per heavy atom. The van der Waals surface area contributed by atoms with Gasteiger partial charge in [-0.1, -0.05) is 18.2 Å². The number of methoxy groups -OCH3 is 1. The number of hydrogen-bond acceptors (Lipinski definition) is 7. The van der Waals surface area contributed by atoms with Gasteiger partial charge in [0.05, 0.1) is 29.3 Å². The minimum absolute atomic E-state index is 0.0878. The summed E-state index contributed by atoms with van der Waals surface area (Å²) in [6, 6.07) is 9.83. The normalized spacial score (nSPS) is 10.8. The number of aliphatic carboxylic acids is 1. The highest BCUT2D eigenvalue weighted by Crippen LogP contribution is 2.26. The second-order valence-electron chi connectivity index (χ2n) is 5.60. The number of thiazole rings is 1. The van der Waals surface area contributed by atoms with Crippen LogP contribution >= 0.6 is 11.3 Å². The van der Waals surface area contributed by atoms with Crippen LogP contribution in [0.5, 0.6) is 5.75 Å². The van der Waals surface area contributed by atoms with Crippen molar-refractivity contribution in [2.45, 2.75) is 17.9 Å². The monoisotopic (exact) mass is 438 g/mol. The lowest BCUT2D eigenvalue weighted by molar-refractivity contribution is -0.136. The summed E-state index contributed by atoms with van der Waals surface area (Å²) in [5.74, 6) is -0.883. The zero-order chi connectivity index (χ0) is 21.4. The van der Waals surface area contributed by atoms with Gasteiger partial charge in [-0.2, -0.15) is 0 Å². The van der Waals surface area contributed by atoms with Gasteiger partial charge in [0, 0.05) is 6.54 Å². The highest BCUT2D eigenvalue weighted by molar-refractivity contribution is 7.89. The molecule has 1 heterocycles. The molecule has 154 valence electrons. The molecule has 3 N–H and O–H groups in total. The lowest BCUT2D eigenvalue weighted by Crippen LogP contribution is -2.24. The van der Waals surface area contributed by atoms with Crippen molar-refractivity contribution in [1.82, 2.24) is 9.71 Å². The molecule has 1 aromatic heterocycles. The number of hydrogen-bond donors (Lipinski definition) is 3. The van der Waals surface area contributed by atoms with Crippen LogP contribution in [0.15, 0.2) is 46.8 Å². The summed E-state index contributed by atoms with van der Waals surface area (Å²) in [6.45, 7) is -0.159. The van der Waals surface area contributed by atoms with Gasteiger partial charge in [0.2, 0.25) is 10.0 Å². The smallest absolute Gasteiger partial charge is 0.307 e. The predicted molar refractivity (Wildman–Crippen MR) is 107 cm³/mol. The van der Waals surface area contributed by atoms with E-state index in [0.29, 0.717) is 5.56 Å². The molecule has 0 saturated carbocycles. The van der Waals surface area contributed by atoms with Gasteiger partial charge in [-0.3, -0.25) is 9.59 Å². The van der Waals surface area contributed by atoms with Gasteiger partial charge in [0.1, 0.15) is 10.6 Å². The van der Waals surface area contributed by atoms with Gasteiger partial charge < -0.3 is 14.9 Å². The second kappa shape index (κ2) is 9.96. The van der Waals surface area contributed by atoms with Crippen LogP contribution in [0.3, 0.4) is 0 Å². The van der Waals surface area contributed by atoms with E-state index in [4.69, 9.17) is 19.7 Å². The standard InChI is InChI=1S/C17H16N2O5S2.CH2O2/c1-24-14-6-5-11(8-16(20)21)7-15(14)26(22,23)19-9-12-3-2-4-13-17(12)25-10-18-13;2-1-3/h2-7,10,19H,8-9H2,1H3,(H,20,21);1H,(H,2,3). The number of fused-ring (bicyclic) bond motifs is 1. The summed E-state index contributed by atoms with van der Waals surface area (Å²) >= 11 is 1.44. The van der Waals surface area contributed by atoms with E-state index in [2.05, 4.69) is 9.71 Å². The average molecular weight is 438 g/mol. The van der Waals surface area contributed by atoms with E-state index < -0.39 is 16.0 Å². The summed E-state index contributed by atoms with van der Waals surface area (Å²) in [5.41, 5.74) is 3.71. The minimum atomic E-state index is -3.89. The number of sulfonamides is 1. The largest absolute Gasteiger partial charge is 0.495 e. The number of carbonyl (C=O) groups is 2. The first-order valence-corrected chi connectivity index (χ1v) is 10.5. The van der Waals surface area contributed by atoms with Crippen LogP contribution in [0.1, 0.15) is 11.1 Å². The third kappa shape index (κ3) is 5.73. The van der Waals surface area contributed by atoms with Crippen molar-refractivity contribution in [3.8, 4) is 5.75 Å². The van der Waals surface area contributed by atoms with Gasteiger partial charge >= 0.3 is 5.97 Å². The SMILES string of the molecule is COc1ccc(CC(=O)O)cc1S(=O)(=O)NCc1cccc2ncsc12.O=CO. The molecule has 0 unspecified atom stereocenters. The van der Waals surface area contributed by atoms with Crippen molar-refractivity contribution in [3.05, 3.63) is 53.0 Å². The van der Waals surface area contributed by atoms with Crippen LogP contribution in [0.2, 0.25) is 0 Å². The van der Waals surface area contributed by atoms with E-state index in [1.54, 1.807) is 5.51 Å². The third-order valence-electron chi connectivity index (χ3n) is 3.76. The number of rotatable bonds is 7. The van der Waals surface area contributed by atoms with Crippen LogP contribution in [0, 0.1) is 0 Å². The molecular formula is C18H18N2O7S2. The van der Waals surface area contributed by atoms with Crippen molar-refractivity contribution in [2.24, 2.45) is 0 Å². The molecule has 3 aromatic rings. The molecule has 9 nitrogen and oxygen atoms in total. The molecule has 0 bridgehead atoms. The highest BCUT2D eigenvalue weighted by Gasteiger charge is 2.21. The number of nitrogens with one attached hydrogen (secondary N) is 1. The minimum Gasteiger partial charge on any atom is -0.495 e. The molecule has 0 aliphatic carbocycles. The quantitative estimate of drug-likeness (QED) is 0.476. The number of aromatic nitrogens is 1. The third-order valence-corrected chi connectivity index (χ3v) is 6.10. The lowest BCUT2D eigenvalue weighted by Gasteiger charge is -2.12. The van der Waals surface area contributed by atoms with Crippen molar-refractivity contribution < 1.29 is 33.0 Å². The van der Waals surface area contributed by atoms with Crippen molar-refractivity contribution in [2.75, 3.05) is 7.11 Å². The molecular weight excluding hydrogens is 420 g/mol. The first kappa shape index (κ1) is 22.3. The molecule has 11 heteroatoms. The molecule has 0 spiro atoms. The first-order valence-electron chi connectivity index (χ1n) is 8.09. The average Bonchev–Trinajstić information content (AvgIpc) is 3.16. The molecule has 2 aromatic carbocycles. The Morgan fingerprint density at radius 1 is 1.31 bits per heavy atom. The van der Waals surface area contributed by atoms with E-state index in [0.717, 1.165) is 15.8 Å². The molecule has 0 fully saturated rings. The molecule has 0 aliphatic rings. The Morgan fingerprint density at radius 3 is 2.69 bits per heavy atom. The summed E-state index contributed by atoms with van der Waals surface area (Å²) < 4.78 is 34.1. The van der Waals surface area contributed by atoms with E-state index in [-0.39, 0.29) is 30.1 Å². The van der Waals surface area contributed by atoms with E-state index in [9.17, 15) is 13.2 Å². The van der Waals surface area contributed by atoms with Crippen molar-refractivity contribution >= 4 is 44.0 Å². The van der Waals surface area contributed by atoms with Crippen LogP contribution in [-0.2, 0) is 32.6 Å². The maximum absolute atomic E-state index is 12.7. The fourth-order valence-electron chi connectivity index (χ4n) is 2.55. The van der Waals surface area contributed by atoms with Crippen LogP contribution in [0.25, 0.3) is 10.2 Å². The zero-order valence-corrected chi connectivity index (χ0v) is 16.9. The van der Waals surface area contributed by atoms with Gasteiger partial charge in [0.25, 0.3) is 6.47 Å². The molecule has 0 saturated heterocycles. The molecule has 29 heavy (non-hydrogen) atoms. The van der Waals surface area contributed by atoms with Crippen LogP contribution in [-0.4, -0.2) is 43.2 Å². The Kier molecular flexibility index (Phi) is 7.65. The molecule has 3 rings (SSSR count). The lowest BCUT2D eigenvalue weighted by atomic mass is 10.1. The summed E-state index contributed by atoms with van der Waals surface area (Å²) in [7, 11) is -2.53. The molecule has 0 atom stereocenters. The van der Waals surface area contributed by atoms with E-state index in [1.165, 1.54) is 36.6 Å². The highest BCUT2D eigenvalue weighted by atomic mass is 32.2. The maximum atomic E-state index is 12.7. The van der Waals surface area contributed by atoms with E-state index >= 15 is 0 Å².